The summed E-state index contributed by atoms with van der Waals surface area (Å²) >= 11 is 0. The molecule has 37 heteroatoms. The number of H-pyrrole nitrogens is 2. The Labute approximate surface area is 645 Å². The first-order valence-corrected chi connectivity index (χ1v) is 36.4. The van der Waals surface area contributed by atoms with Gasteiger partial charge in [0.25, 0.3) is 0 Å². The largest absolute Gasteiger partial charge is 0.494 e. The number of amides is 11. The lowest BCUT2D eigenvalue weighted by Crippen LogP contribution is -2.66. The molecule has 10 atom stereocenters. The van der Waals surface area contributed by atoms with Crippen LogP contribution >= 0.6 is 0 Å². The van der Waals surface area contributed by atoms with Crippen molar-refractivity contribution in [3.8, 4) is 16.9 Å². The number of carboxylic acids is 1. The molecule has 11 amide bonds. The van der Waals surface area contributed by atoms with E-state index in [0.29, 0.717) is 62.3 Å². The zero-order valence-electron chi connectivity index (χ0n) is 63.8. The van der Waals surface area contributed by atoms with Crippen LogP contribution in [0.25, 0.3) is 21.6 Å². The van der Waals surface area contributed by atoms with Crippen molar-refractivity contribution in [3.63, 3.8) is 0 Å². The van der Waals surface area contributed by atoms with Gasteiger partial charge in [-0.1, -0.05) is 95.1 Å². The van der Waals surface area contributed by atoms with Gasteiger partial charge in [-0.2, -0.15) is 5.21 Å². The van der Waals surface area contributed by atoms with Crippen LogP contribution < -0.4 is 63.6 Å². The molecule has 0 saturated carbocycles. The van der Waals surface area contributed by atoms with Crippen molar-refractivity contribution in [2.24, 2.45) is 10.8 Å². The molecule has 36 nitrogen and oxygen atoms in total. The van der Waals surface area contributed by atoms with Crippen LogP contribution in [0, 0.1) is 19.7 Å². The Morgan fingerprint density at radius 2 is 1.34 bits per heavy atom. The fourth-order valence-electron chi connectivity index (χ4n) is 11.9. The van der Waals surface area contributed by atoms with Gasteiger partial charge in [0, 0.05) is 49.0 Å². The third-order valence-corrected chi connectivity index (χ3v) is 18.0. The number of nitrogens with two attached hydrogens (primary N) is 1. The number of ether oxygens (including phenoxy) is 1. The number of benzene rings is 4. The second kappa shape index (κ2) is 42.7. The van der Waals surface area contributed by atoms with Gasteiger partial charge in [0.2, 0.25) is 65.0 Å². The maximum absolute atomic E-state index is 15.5. The molecule has 602 valence electrons. The highest BCUT2D eigenvalue weighted by molar-refractivity contribution is 6.00. The van der Waals surface area contributed by atoms with E-state index in [9.17, 15) is 72.9 Å². The number of imidazole rings is 1. The number of azide groups is 1. The average Bonchev–Trinajstić information content (AvgIpc) is 0.819. The number of hydrogen-bond donors (Lipinski definition) is 16. The highest BCUT2D eigenvalue weighted by Crippen LogP contribution is 2.29. The van der Waals surface area contributed by atoms with Crippen LogP contribution in [-0.2, 0) is 96.1 Å². The van der Waals surface area contributed by atoms with Gasteiger partial charge in [-0.05, 0) is 157 Å². The molecule has 6 aromatic rings. The Bertz CT molecular complexity index is 4290. The lowest BCUT2D eigenvalue weighted by atomic mass is 9.90. The zero-order valence-corrected chi connectivity index (χ0v) is 63.8. The molecule has 4 aromatic carbocycles. The second-order valence-electron chi connectivity index (χ2n) is 28.0. The summed E-state index contributed by atoms with van der Waals surface area (Å²) in [5, 5.41) is 73.2. The molecule has 17 N–H and O–H groups in total. The van der Waals surface area contributed by atoms with Gasteiger partial charge in [-0.15, -0.1) is 10.2 Å². The summed E-state index contributed by atoms with van der Waals surface area (Å²) in [6, 6.07) is 11.8. The predicted molar refractivity (Wildman–Crippen MR) is 403 cm³/mol. The number of nitrogens with one attached hydrogen (secondary N) is 12. The van der Waals surface area contributed by atoms with E-state index in [-0.39, 0.29) is 43.5 Å². The number of aliphatic hydroxyl groups is 2. The molecule has 0 spiro atoms. The molecule has 0 aliphatic heterocycles. The number of aliphatic carboxylic acids is 1. The molecule has 0 fully saturated rings. The van der Waals surface area contributed by atoms with Crippen LogP contribution in [0.15, 0.2) is 103 Å². The SMILES string of the molecule is CCc1cc(OCCCCN=[N+]=[N-])ccc1-c1ccc(C[C@H](NC(=O)[C@H](CC(=O)O)NC(=O)[C@H](C)NC(=O)[C@@H](NC(=O)[C@](C)(Cc2ccccc2F)NC(=O)[C@@H](NC(=O)CNC(=O)[C@H](Cc2nn[nH]n2)NC(=O)C(C)(C)NC(=O)CCc2cnc[nH]2)[C@@H](C)O)[C@@H](C)O)C(=O)N[C@@H](CCCc2cc(C)cc(C)c2)C(N)=O)cc1. The number of primary amides is 1. The average molecular weight is 1560 g/mol. The summed E-state index contributed by atoms with van der Waals surface area (Å²) in [4.78, 5) is 175. The number of aryl methyl sites for hydroxylation is 5. The molecule has 2 heterocycles. The van der Waals surface area contributed by atoms with E-state index in [4.69, 9.17) is 16.0 Å². The lowest BCUT2D eigenvalue weighted by Gasteiger charge is -2.34. The molecule has 0 unspecified atom stereocenters. The minimum atomic E-state index is -2.35. The van der Waals surface area contributed by atoms with Crippen LogP contribution in [0.3, 0.4) is 0 Å². The molecular weight excluding hydrogens is 1460 g/mol. The van der Waals surface area contributed by atoms with Crippen molar-refractivity contribution in [1.29, 1.82) is 0 Å². The molecule has 0 aliphatic rings. The first-order chi connectivity index (χ1) is 53.1. The van der Waals surface area contributed by atoms with Crippen LogP contribution in [0.1, 0.15) is 132 Å². The fourth-order valence-corrected chi connectivity index (χ4v) is 11.9. The van der Waals surface area contributed by atoms with Crippen molar-refractivity contribution in [3.05, 3.63) is 159 Å². The van der Waals surface area contributed by atoms with Gasteiger partial charge >= 0.3 is 5.97 Å². The van der Waals surface area contributed by atoms with Crippen molar-refractivity contribution in [1.82, 2.24) is 83.8 Å². The number of aromatic amines is 2. The Hall–Kier alpha value is -12.2. The number of carboxylic acid groups (broad SMARTS) is 1. The number of carbonyl (C=O) groups is 12. The molecule has 0 saturated heterocycles. The van der Waals surface area contributed by atoms with Gasteiger partial charge in [0.15, 0.2) is 5.82 Å². The van der Waals surface area contributed by atoms with E-state index in [1.165, 1.54) is 44.6 Å². The molecule has 0 aliphatic carbocycles. The molecule has 112 heavy (non-hydrogen) atoms. The number of carbonyl (C=O) groups excluding carboxylic acids is 11. The van der Waals surface area contributed by atoms with Crippen LogP contribution in [0.5, 0.6) is 5.75 Å². The molecule has 6 rings (SSSR count). The monoisotopic (exact) mass is 1550 g/mol. The van der Waals surface area contributed by atoms with Gasteiger partial charge < -0.3 is 83.9 Å². The smallest absolute Gasteiger partial charge is 0.305 e. The Balaban J connectivity index is 1.15. The quantitative estimate of drug-likeness (QED) is 0.0110. The third-order valence-electron chi connectivity index (χ3n) is 18.0. The van der Waals surface area contributed by atoms with E-state index in [2.05, 4.69) is 93.8 Å². The highest BCUT2D eigenvalue weighted by Gasteiger charge is 2.43. The van der Waals surface area contributed by atoms with Gasteiger partial charge in [-0.3, -0.25) is 57.5 Å². The van der Waals surface area contributed by atoms with E-state index in [1.807, 2.05) is 57.2 Å². The van der Waals surface area contributed by atoms with Crippen LogP contribution in [0.4, 0.5) is 4.39 Å². The first-order valence-electron chi connectivity index (χ1n) is 36.4. The molecule has 0 radical (unpaired) electrons. The summed E-state index contributed by atoms with van der Waals surface area (Å²) in [5.74, 6) is -13.3. The number of halogens is 1. The molecular formula is C75H99FN20O16. The number of aromatic nitrogens is 6. The summed E-state index contributed by atoms with van der Waals surface area (Å²) in [5.41, 5.74) is 17.1. The van der Waals surface area contributed by atoms with Crippen molar-refractivity contribution in [2.75, 3.05) is 19.7 Å². The van der Waals surface area contributed by atoms with E-state index >= 15 is 4.39 Å². The fraction of sp³-hybridized carbons (Fsp3) is 0.467. The minimum Gasteiger partial charge on any atom is -0.494 e. The summed E-state index contributed by atoms with van der Waals surface area (Å²) < 4.78 is 21.5. The Kier molecular flexibility index (Phi) is 33.8. The standard InChI is InChI=1S/C75H99FN20O16/c1-10-48-34-52(112-29-14-13-28-82-94-78)25-26-53(48)49-22-20-46(21-23-49)33-56(68(106)84-55(65(77)103)19-15-16-47-31-41(2)30-42(3)32-47)86-69(107)58(36-62(101)102)85-66(104)43(4)83-70(108)63(44(5)97)89-73(111)75(9,37-50-17-11-12-18-54(50)76)91-71(109)64(45(6)98)88-61(100)39-80-67(105)57(35-59-92-95-96-93-59)87-72(110)74(7,8)90-60(99)27-24-51-38-79-40-81-51/h11-12,17-18,20-23,25-26,30-32,34,38,40,43-45,55-58,63-64,97-98H,10,13-16,19,24,27-29,33,35-37,39H2,1-9H3,(H2,77,103)(H,79,81)(H,80,105)(H,83,108)(H,84,106)(H,85,104)(H,86,107)(H,87,110)(H,88,100)(H,89,111)(H,90,99)(H,91,109)(H,101,102)(H,92,93,95,96)/t43-,44+,45+,55-,56-,57-,58-,63-,64-,75-/m0/s1. The van der Waals surface area contributed by atoms with Gasteiger partial charge in [0.05, 0.1) is 38.1 Å². The molecule has 2 aromatic heterocycles. The van der Waals surface area contributed by atoms with E-state index in [0.717, 1.165) is 67.1 Å². The number of nitrogens with zero attached hydrogens (tertiary/aromatic N) is 7. The maximum Gasteiger partial charge on any atom is 0.305 e. The van der Waals surface area contributed by atoms with Gasteiger partial charge in [0.1, 0.15) is 64.9 Å². The Morgan fingerprint density at radius 1 is 0.679 bits per heavy atom. The maximum atomic E-state index is 15.5. The lowest BCUT2D eigenvalue weighted by molar-refractivity contribution is -0.142. The highest BCUT2D eigenvalue weighted by atomic mass is 19.1. The number of aliphatic hydroxyl groups excluding tert-OH is 2. The summed E-state index contributed by atoms with van der Waals surface area (Å²) in [6.45, 7) is 12.9. The third kappa shape index (κ3) is 28.0. The molecule has 0 bridgehead atoms. The van der Waals surface area contributed by atoms with E-state index in [1.54, 1.807) is 24.3 Å². The van der Waals surface area contributed by atoms with Gasteiger partial charge in [-0.25, -0.2) is 9.37 Å². The Morgan fingerprint density at radius 3 is 1.96 bits per heavy atom. The second-order valence-corrected chi connectivity index (χ2v) is 28.0. The van der Waals surface area contributed by atoms with Crippen molar-refractivity contribution < 1.29 is 82.0 Å². The number of hydrogen-bond acceptors (Lipinski definition) is 20. The zero-order chi connectivity index (χ0) is 82.4. The topological polar surface area (TPSA) is 553 Å². The number of tetrazole rings is 1. The van der Waals surface area contributed by atoms with Crippen LogP contribution in [0.2, 0.25) is 0 Å². The van der Waals surface area contributed by atoms with Crippen molar-refractivity contribution in [2.45, 2.75) is 205 Å². The number of rotatable bonds is 45. The normalized spacial score (nSPS) is 14.1. The van der Waals surface area contributed by atoms with Crippen molar-refractivity contribution >= 4 is 70.9 Å². The first kappa shape index (κ1) is 88.7. The summed E-state index contributed by atoms with van der Waals surface area (Å²) in [6.07, 6.45) is 0.216. The van der Waals surface area contributed by atoms with Crippen LogP contribution in [-0.4, -0.2) is 202 Å². The number of unbranched alkanes of at least 4 members (excludes halogenated alkanes) is 1. The minimum absolute atomic E-state index is 0.0261. The summed E-state index contributed by atoms with van der Waals surface area (Å²) in [7, 11) is 0. The van der Waals surface area contributed by atoms with E-state index < -0.39 is 162 Å². The predicted octanol–water partition coefficient (Wildman–Crippen LogP) is 1.08.